The number of carbonyl (C=O) groups excluding carboxylic acids is 1. The van der Waals surface area contributed by atoms with Crippen LogP contribution in [0.5, 0.6) is 0 Å². The van der Waals surface area contributed by atoms with Crippen molar-refractivity contribution in [1.82, 2.24) is 4.90 Å². The van der Waals surface area contributed by atoms with Crippen LogP contribution in [0.2, 0.25) is 19.6 Å². The molecule has 0 aliphatic carbocycles. The van der Waals surface area contributed by atoms with E-state index in [4.69, 9.17) is 0 Å². The summed E-state index contributed by atoms with van der Waals surface area (Å²) in [4.78, 5) is 15.9. The summed E-state index contributed by atoms with van der Waals surface area (Å²) < 4.78 is 39.8. The molecule has 1 saturated heterocycles. The molecule has 0 spiro atoms. The molecule has 0 bridgehead atoms. The minimum absolute atomic E-state index is 0.169. The Kier molecular flexibility index (Phi) is 5.93. The summed E-state index contributed by atoms with van der Waals surface area (Å²) in [6.07, 6.45) is -4.40. The number of alkyl halides is 3. The van der Waals surface area contributed by atoms with E-state index in [0.29, 0.717) is 26.2 Å². The molecule has 1 fully saturated rings. The van der Waals surface area contributed by atoms with Gasteiger partial charge in [0.2, 0.25) is 0 Å². The topological polar surface area (TPSA) is 35.6 Å². The second kappa shape index (κ2) is 8.10. The van der Waals surface area contributed by atoms with Crippen molar-refractivity contribution in [1.29, 1.82) is 0 Å². The van der Waals surface area contributed by atoms with Crippen LogP contribution in [0, 0.1) is 0 Å². The second-order valence-electron chi connectivity index (χ2n) is 8.25. The van der Waals surface area contributed by atoms with Crippen molar-refractivity contribution in [2.24, 2.45) is 0 Å². The van der Waals surface area contributed by atoms with Crippen molar-refractivity contribution < 1.29 is 18.0 Å². The Bertz CT molecular complexity index is 855. The number of halogens is 3. The third-order valence-corrected chi connectivity index (χ3v) is 7.18. The van der Waals surface area contributed by atoms with Gasteiger partial charge >= 0.3 is 12.2 Å². The molecule has 0 saturated carbocycles. The van der Waals surface area contributed by atoms with Crippen LogP contribution in [0.3, 0.4) is 0 Å². The van der Waals surface area contributed by atoms with Crippen LogP contribution in [-0.4, -0.2) is 45.2 Å². The number of piperazine rings is 1. The van der Waals surface area contributed by atoms with E-state index in [-0.39, 0.29) is 11.7 Å². The highest BCUT2D eigenvalue weighted by atomic mass is 28.3. The number of rotatable bonds is 3. The van der Waals surface area contributed by atoms with Crippen LogP contribution in [-0.2, 0) is 6.18 Å². The lowest BCUT2D eigenvalue weighted by Gasteiger charge is -2.37. The van der Waals surface area contributed by atoms with Crippen LogP contribution >= 0.6 is 0 Å². The van der Waals surface area contributed by atoms with E-state index < -0.39 is 19.8 Å². The van der Waals surface area contributed by atoms with Crippen molar-refractivity contribution in [3.05, 3.63) is 54.1 Å². The summed E-state index contributed by atoms with van der Waals surface area (Å²) in [5.41, 5.74) is 0.254. The first-order chi connectivity index (χ1) is 13.6. The molecule has 1 aliphatic rings. The van der Waals surface area contributed by atoms with Crippen LogP contribution in [0.15, 0.2) is 48.5 Å². The lowest BCUT2D eigenvalue weighted by atomic mass is 10.1. The van der Waals surface area contributed by atoms with Gasteiger partial charge in [0.25, 0.3) is 0 Å². The Morgan fingerprint density at radius 1 is 0.931 bits per heavy atom. The molecule has 2 aromatic rings. The maximum absolute atomic E-state index is 13.3. The van der Waals surface area contributed by atoms with Crippen LogP contribution < -0.4 is 15.4 Å². The number of benzene rings is 2. The average Bonchev–Trinajstić information content (AvgIpc) is 2.67. The number of anilines is 2. The van der Waals surface area contributed by atoms with Gasteiger partial charge in [-0.1, -0.05) is 49.1 Å². The molecule has 1 N–H and O–H groups in total. The maximum Gasteiger partial charge on any atom is 0.418 e. The minimum Gasteiger partial charge on any atom is -0.367 e. The number of para-hydroxylation sites is 1. The maximum atomic E-state index is 13.3. The Hall–Kier alpha value is -2.48. The van der Waals surface area contributed by atoms with Gasteiger partial charge < -0.3 is 15.1 Å². The number of hydrogen-bond acceptors (Lipinski definition) is 2. The number of urea groups is 1. The Labute approximate surface area is 170 Å². The number of carbonyl (C=O) groups is 1. The molecule has 4 nitrogen and oxygen atoms in total. The molecule has 156 valence electrons. The van der Waals surface area contributed by atoms with Crippen molar-refractivity contribution in [2.45, 2.75) is 25.8 Å². The summed E-state index contributed by atoms with van der Waals surface area (Å²) in [6, 6.07) is 13.3. The van der Waals surface area contributed by atoms with Crippen LogP contribution in [0.1, 0.15) is 5.56 Å². The zero-order valence-corrected chi connectivity index (χ0v) is 17.9. The Balaban J connectivity index is 1.61. The molecule has 2 aromatic carbocycles. The molecule has 0 unspecified atom stereocenters. The number of amides is 2. The molecule has 0 atom stereocenters. The lowest BCUT2D eigenvalue weighted by molar-refractivity contribution is -0.137. The number of nitrogens with zero attached hydrogens (tertiary/aromatic N) is 2. The zero-order chi connectivity index (χ0) is 21.2. The van der Waals surface area contributed by atoms with Crippen molar-refractivity contribution in [2.75, 3.05) is 36.4 Å². The highest BCUT2D eigenvalue weighted by molar-refractivity contribution is 6.88. The highest BCUT2D eigenvalue weighted by Gasteiger charge is 2.35. The van der Waals surface area contributed by atoms with Crippen LogP contribution in [0.25, 0.3) is 0 Å². The van der Waals surface area contributed by atoms with Crippen molar-refractivity contribution in [3.63, 3.8) is 0 Å². The predicted octanol–water partition coefficient (Wildman–Crippen LogP) is 4.60. The Morgan fingerprint density at radius 3 is 2.07 bits per heavy atom. The smallest absolute Gasteiger partial charge is 0.367 e. The molecular formula is C21H26F3N3OSi. The minimum atomic E-state index is -4.40. The van der Waals surface area contributed by atoms with E-state index in [1.54, 1.807) is 15.9 Å². The van der Waals surface area contributed by atoms with Gasteiger partial charge in [-0.3, -0.25) is 0 Å². The first-order valence-electron chi connectivity index (χ1n) is 9.63. The normalized spacial score (nSPS) is 15.4. The van der Waals surface area contributed by atoms with Gasteiger partial charge in [0, 0.05) is 37.6 Å². The van der Waals surface area contributed by atoms with E-state index in [9.17, 15) is 18.0 Å². The summed E-state index contributed by atoms with van der Waals surface area (Å²) in [7, 11) is -1.40. The third kappa shape index (κ3) is 5.12. The fraction of sp³-hybridized carbons (Fsp3) is 0.381. The number of nitrogens with one attached hydrogen (secondary N) is 1. The summed E-state index contributed by atoms with van der Waals surface area (Å²) in [5.74, 6) is 0. The molecule has 1 heterocycles. The molecule has 3 rings (SSSR count). The van der Waals surface area contributed by atoms with Gasteiger partial charge in [0.15, 0.2) is 0 Å². The van der Waals surface area contributed by atoms with E-state index >= 15 is 0 Å². The fourth-order valence-corrected chi connectivity index (χ4v) is 4.56. The summed E-state index contributed by atoms with van der Waals surface area (Å²) in [6.45, 7) is 8.23. The summed E-state index contributed by atoms with van der Waals surface area (Å²) >= 11 is 0. The van der Waals surface area contributed by atoms with Gasteiger partial charge in [0.05, 0.1) is 13.6 Å². The number of hydrogen-bond donors (Lipinski definition) is 1. The standard InChI is InChI=1S/C21H26F3N3OSi/c1-29(2,3)17-10-8-16(9-11-17)25-20(28)27-14-12-26(13-15-27)19-7-5-4-6-18(19)21(22,23)24/h4-11H,12-15H2,1-3H3,(H,25,28). The van der Waals surface area contributed by atoms with Gasteiger partial charge in [-0.05, 0) is 24.3 Å². The summed E-state index contributed by atoms with van der Waals surface area (Å²) in [5, 5.41) is 4.20. The van der Waals surface area contributed by atoms with Gasteiger partial charge in [-0.2, -0.15) is 13.2 Å². The third-order valence-electron chi connectivity index (χ3n) is 5.12. The lowest BCUT2D eigenvalue weighted by Crippen LogP contribution is -2.50. The van der Waals surface area contributed by atoms with E-state index in [2.05, 4.69) is 25.0 Å². The second-order valence-corrected chi connectivity index (χ2v) is 13.3. The Morgan fingerprint density at radius 2 is 1.52 bits per heavy atom. The molecule has 1 aliphatic heterocycles. The van der Waals surface area contributed by atoms with Crippen molar-refractivity contribution in [3.8, 4) is 0 Å². The van der Waals surface area contributed by atoms with Crippen molar-refractivity contribution >= 4 is 30.7 Å². The van der Waals surface area contributed by atoms with E-state index in [1.807, 2.05) is 24.3 Å². The zero-order valence-electron chi connectivity index (χ0n) is 16.9. The van der Waals surface area contributed by atoms with Crippen LogP contribution in [0.4, 0.5) is 29.3 Å². The van der Waals surface area contributed by atoms with Gasteiger partial charge in [-0.25, -0.2) is 4.79 Å². The monoisotopic (exact) mass is 421 g/mol. The first-order valence-corrected chi connectivity index (χ1v) is 13.1. The first kappa shape index (κ1) is 21.2. The van der Waals surface area contributed by atoms with E-state index in [0.717, 1.165) is 11.8 Å². The molecule has 29 heavy (non-hydrogen) atoms. The fourth-order valence-electron chi connectivity index (χ4n) is 3.40. The largest absolute Gasteiger partial charge is 0.418 e. The SMILES string of the molecule is C[Si](C)(C)c1ccc(NC(=O)N2CCN(c3ccccc3C(F)(F)F)CC2)cc1. The molecule has 8 heteroatoms. The van der Waals surface area contributed by atoms with E-state index in [1.165, 1.54) is 17.3 Å². The molecule has 0 radical (unpaired) electrons. The predicted molar refractivity (Wildman–Crippen MR) is 114 cm³/mol. The molecule has 0 aromatic heterocycles. The molecular weight excluding hydrogens is 395 g/mol. The molecule has 2 amide bonds. The quantitative estimate of drug-likeness (QED) is 0.735. The average molecular weight is 422 g/mol. The van der Waals surface area contributed by atoms with Gasteiger partial charge in [-0.15, -0.1) is 0 Å². The highest BCUT2D eigenvalue weighted by Crippen LogP contribution is 2.36. The van der Waals surface area contributed by atoms with Gasteiger partial charge in [0.1, 0.15) is 0 Å².